The van der Waals surface area contributed by atoms with E-state index in [2.05, 4.69) is 10.6 Å². The molecule has 3 aliphatic rings. The first-order chi connectivity index (χ1) is 16.3. The number of amides is 5. The number of piperazine rings is 1. The molecule has 0 radical (unpaired) electrons. The monoisotopic (exact) mass is 477 g/mol. The molecule has 0 unspecified atom stereocenters. The van der Waals surface area contributed by atoms with E-state index in [1.165, 1.54) is 6.42 Å². The Morgan fingerprint density at radius 1 is 0.882 bits per heavy atom. The zero-order chi connectivity index (χ0) is 24.7. The van der Waals surface area contributed by atoms with Gasteiger partial charge in [0.1, 0.15) is 12.1 Å². The molecule has 0 bridgehead atoms. The summed E-state index contributed by atoms with van der Waals surface area (Å²) in [5.74, 6) is -0.660. The van der Waals surface area contributed by atoms with E-state index in [1.54, 1.807) is 9.80 Å². The van der Waals surface area contributed by atoms with E-state index >= 15 is 0 Å². The van der Waals surface area contributed by atoms with Crippen molar-refractivity contribution >= 4 is 23.8 Å². The number of urea groups is 1. The van der Waals surface area contributed by atoms with Crippen LogP contribution in [0.15, 0.2) is 0 Å². The van der Waals surface area contributed by atoms with Gasteiger partial charge in [-0.15, -0.1) is 0 Å². The summed E-state index contributed by atoms with van der Waals surface area (Å²) in [6, 6.07) is -1.86. The number of nitrogens with two attached hydrogens (primary N) is 1. The molecule has 1 saturated heterocycles. The number of carbonyl (C=O) groups is 4. The van der Waals surface area contributed by atoms with Crippen molar-refractivity contribution in [2.45, 2.75) is 103 Å². The van der Waals surface area contributed by atoms with Gasteiger partial charge in [-0.25, -0.2) is 4.79 Å². The van der Waals surface area contributed by atoms with Gasteiger partial charge in [-0.05, 0) is 39.0 Å². The van der Waals surface area contributed by atoms with Crippen LogP contribution in [0.25, 0.3) is 0 Å². The molecule has 1 aliphatic heterocycles. The molecular formula is C25H43N5O4. The average Bonchev–Trinajstić information content (AvgIpc) is 2.83. The first kappa shape index (κ1) is 26.3. The van der Waals surface area contributed by atoms with Crippen LogP contribution < -0.4 is 16.4 Å². The van der Waals surface area contributed by atoms with Gasteiger partial charge in [0.15, 0.2) is 0 Å². The van der Waals surface area contributed by atoms with E-state index in [-0.39, 0.29) is 30.4 Å². The lowest BCUT2D eigenvalue weighted by Gasteiger charge is -2.42. The van der Waals surface area contributed by atoms with E-state index in [0.717, 1.165) is 57.8 Å². The molecule has 4 N–H and O–H groups in total. The second kappa shape index (κ2) is 12.4. The Hall–Kier alpha value is -2.32. The van der Waals surface area contributed by atoms with Gasteiger partial charge in [-0.1, -0.05) is 51.4 Å². The van der Waals surface area contributed by atoms with E-state index in [9.17, 15) is 19.2 Å². The maximum Gasteiger partial charge on any atom is 0.317 e. The first-order valence-corrected chi connectivity index (χ1v) is 13.2. The van der Waals surface area contributed by atoms with E-state index < -0.39 is 23.9 Å². The third-order valence-corrected chi connectivity index (χ3v) is 7.57. The highest BCUT2D eigenvalue weighted by molar-refractivity contribution is 5.93. The summed E-state index contributed by atoms with van der Waals surface area (Å²) in [6.07, 6.45) is 11.0. The molecule has 0 spiro atoms. The van der Waals surface area contributed by atoms with Crippen molar-refractivity contribution in [3.05, 3.63) is 0 Å². The maximum absolute atomic E-state index is 13.5. The second-order valence-electron chi connectivity index (χ2n) is 10.6. The van der Waals surface area contributed by atoms with Crippen LogP contribution in [0, 0.1) is 11.8 Å². The van der Waals surface area contributed by atoms with Crippen molar-refractivity contribution in [2.24, 2.45) is 17.6 Å². The smallest absolute Gasteiger partial charge is 0.317 e. The number of rotatable bonds is 7. The number of carbonyl (C=O) groups excluding carboxylic acids is 4. The van der Waals surface area contributed by atoms with Crippen molar-refractivity contribution in [1.82, 2.24) is 20.4 Å². The molecule has 0 aromatic rings. The number of nitrogens with zero attached hydrogens (tertiary/aromatic N) is 2. The van der Waals surface area contributed by atoms with Crippen LogP contribution in [0.1, 0.15) is 84.5 Å². The predicted octanol–water partition coefficient (Wildman–Crippen LogP) is 2.14. The zero-order valence-corrected chi connectivity index (χ0v) is 20.9. The van der Waals surface area contributed by atoms with Crippen LogP contribution in [-0.2, 0) is 14.4 Å². The summed E-state index contributed by atoms with van der Waals surface area (Å²) < 4.78 is 0. The van der Waals surface area contributed by atoms with Crippen molar-refractivity contribution < 1.29 is 19.2 Å². The summed E-state index contributed by atoms with van der Waals surface area (Å²) in [5, 5.41) is 5.73. The Bertz CT molecular complexity index is 731. The predicted molar refractivity (Wildman–Crippen MR) is 130 cm³/mol. The lowest BCUT2D eigenvalue weighted by atomic mass is 9.84. The SMILES string of the molecule is CC(C)NC(=O)N1CCN(C(=O)C2CCCCC2)[C@@H](C(=O)N[C@@H](CC2CCCCC2)C(N)=O)C1. The average molecular weight is 478 g/mol. The van der Waals surface area contributed by atoms with Crippen LogP contribution >= 0.6 is 0 Å². The minimum atomic E-state index is -0.825. The molecule has 9 nitrogen and oxygen atoms in total. The fourth-order valence-corrected chi connectivity index (χ4v) is 5.65. The summed E-state index contributed by atoms with van der Waals surface area (Å²) >= 11 is 0. The summed E-state index contributed by atoms with van der Waals surface area (Å²) in [4.78, 5) is 55.0. The van der Waals surface area contributed by atoms with Gasteiger partial charge in [-0.3, -0.25) is 14.4 Å². The van der Waals surface area contributed by atoms with Gasteiger partial charge in [0.2, 0.25) is 17.7 Å². The third-order valence-electron chi connectivity index (χ3n) is 7.57. The molecule has 9 heteroatoms. The number of primary amides is 1. The van der Waals surface area contributed by atoms with E-state index in [4.69, 9.17) is 5.73 Å². The van der Waals surface area contributed by atoms with Crippen LogP contribution in [0.3, 0.4) is 0 Å². The van der Waals surface area contributed by atoms with Gasteiger partial charge in [0, 0.05) is 25.0 Å². The van der Waals surface area contributed by atoms with Crippen LogP contribution in [0.5, 0.6) is 0 Å². The summed E-state index contributed by atoms with van der Waals surface area (Å²) in [5.41, 5.74) is 5.66. The standard InChI is InChI=1S/C25H43N5O4/c1-17(2)27-25(34)29-13-14-30(24(33)19-11-7-4-8-12-19)21(16-29)23(32)28-20(22(26)31)15-18-9-5-3-6-10-18/h17-21H,3-16H2,1-2H3,(H2,26,31)(H,27,34)(H,28,32)/t20-,21+/m0/s1. The Labute approximate surface area is 203 Å². The molecule has 34 heavy (non-hydrogen) atoms. The minimum Gasteiger partial charge on any atom is -0.368 e. The highest BCUT2D eigenvalue weighted by Gasteiger charge is 2.40. The zero-order valence-electron chi connectivity index (χ0n) is 20.9. The highest BCUT2D eigenvalue weighted by Crippen LogP contribution is 2.29. The molecule has 2 atom stereocenters. The Morgan fingerprint density at radius 3 is 2.09 bits per heavy atom. The minimum absolute atomic E-state index is 0.00771. The fraction of sp³-hybridized carbons (Fsp3) is 0.840. The number of hydrogen-bond acceptors (Lipinski definition) is 4. The topological polar surface area (TPSA) is 125 Å². The molecule has 2 aliphatic carbocycles. The number of nitrogens with one attached hydrogen (secondary N) is 2. The van der Waals surface area contributed by atoms with Crippen molar-refractivity contribution in [1.29, 1.82) is 0 Å². The lowest BCUT2D eigenvalue weighted by Crippen LogP contribution is -2.65. The Balaban J connectivity index is 1.73. The molecule has 5 amide bonds. The molecule has 3 rings (SSSR count). The Morgan fingerprint density at radius 2 is 1.50 bits per heavy atom. The van der Waals surface area contributed by atoms with E-state index in [0.29, 0.717) is 25.4 Å². The molecule has 3 fully saturated rings. The summed E-state index contributed by atoms with van der Waals surface area (Å²) in [7, 11) is 0. The molecule has 192 valence electrons. The Kier molecular flexibility index (Phi) is 9.59. The quantitative estimate of drug-likeness (QED) is 0.519. The van der Waals surface area contributed by atoms with Crippen molar-refractivity contribution in [3.8, 4) is 0 Å². The first-order valence-electron chi connectivity index (χ1n) is 13.2. The molecule has 2 saturated carbocycles. The van der Waals surface area contributed by atoms with Gasteiger partial charge in [-0.2, -0.15) is 0 Å². The highest BCUT2D eigenvalue weighted by atomic mass is 16.2. The molecule has 0 aromatic carbocycles. The van der Waals surface area contributed by atoms with Gasteiger partial charge < -0.3 is 26.2 Å². The summed E-state index contributed by atoms with van der Waals surface area (Å²) in [6.45, 7) is 4.56. The second-order valence-corrected chi connectivity index (χ2v) is 10.6. The molecule has 1 heterocycles. The van der Waals surface area contributed by atoms with Crippen LogP contribution in [0.4, 0.5) is 4.79 Å². The van der Waals surface area contributed by atoms with Crippen LogP contribution in [-0.4, -0.2) is 71.3 Å². The van der Waals surface area contributed by atoms with Crippen LogP contribution in [0.2, 0.25) is 0 Å². The maximum atomic E-state index is 13.5. The van der Waals surface area contributed by atoms with Gasteiger partial charge >= 0.3 is 6.03 Å². The normalized spacial score (nSPS) is 23.4. The van der Waals surface area contributed by atoms with Gasteiger partial charge in [0.05, 0.1) is 6.54 Å². The van der Waals surface area contributed by atoms with Crippen molar-refractivity contribution in [3.63, 3.8) is 0 Å². The lowest BCUT2D eigenvalue weighted by molar-refractivity contribution is -0.147. The fourth-order valence-electron chi connectivity index (χ4n) is 5.65. The van der Waals surface area contributed by atoms with Crippen molar-refractivity contribution in [2.75, 3.05) is 19.6 Å². The van der Waals surface area contributed by atoms with E-state index in [1.807, 2.05) is 13.8 Å². The number of hydrogen-bond donors (Lipinski definition) is 3. The van der Waals surface area contributed by atoms with Gasteiger partial charge in [0.25, 0.3) is 0 Å². The molecular weight excluding hydrogens is 434 g/mol. The molecule has 0 aromatic heterocycles. The largest absolute Gasteiger partial charge is 0.368 e. The third kappa shape index (κ3) is 7.09.